The fourth-order valence-corrected chi connectivity index (χ4v) is 2.20. The van der Waals surface area contributed by atoms with Crippen molar-refractivity contribution in [3.8, 4) is 0 Å². The lowest BCUT2D eigenvalue weighted by Crippen LogP contribution is -2.51. The van der Waals surface area contributed by atoms with Crippen LogP contribution < -0.4 is 5.73 Å². The van der Waals surface area contributed by atoms with Crippen molar-refractivity contribution in [3.63, 3.8) is 0 Å². The zero-order chi connectivity index (χ0) is 12.6. The Bertz CT molecular complexity index is 459. The predicted molar refractivity (Wildman–Crippen MR) is 67.4 cm³/mol. The summed E-state index contributed by atoms with van der Waals surface area (Å²) >= 11 is 11.8. The highest BCUT2D eigenvalue weighted by molar-refractivity contribution is 6.44. The molecule has 1 saturated heterocycles. The number of hydrogen-bond acceptors (Lipinski definition) is 3. The van der Waals surface area contributed by atoms with Gasteiger partial charge in [-0.3, -0.25) is 4.79 Å². The van der Waals surface area contributed by atoms with Gasteiger partial charge in [0, 0.05) is 31.3 Å². The first kappa shape index (κ1) is 12.5. The standard InChI is InChI=1S/C11H12Cl2N2O2/c12-9-2-7(14)1-8(10(9)13)11(17)15-3-6(4-15)5-16/h1-2,6,16H,3-5,14H2. The van der Waals surface area contributed by atoms with Crippen molar-refractivity contribution in [1.29, 1.82) is 0 Å². The Balaban J connectivity index is 2.20. The van der Waals surface area contributed by atoms with Gasteiger partial charge in [0.15, 0.2) is 0 Å². The molecule has 0 bridgehead atoms. The topological polar surface area (TPSA) is 66.6 Å². The second-order valence-electron chi connectivity index (χ2n) is 4.12. The van der Waals surface area contributed by atoms with Crippen molar-refractivity contribution in [1.82, 2.24) is 4.90 Å². The number of benzene rings is 1. The molecular formula is C11H12Cl2N2O2. The van der Waals surface area contributed by atoms with Gasteiger partial charge >= 0.3 is 0 Å². The number of rotatable bonds is 2. The number of nitrogens with two attached hydrogens (primary N) is 1. The third kappa shape index (κ3) is 2.34. The van der Waals surface area contributed by atoms with Gasteiger partial charge in [0.25, 0.3) is 5.91 Å². The van der Waals surface area contributed by atoms with Crippen molar-refractivity contribution in [2.24, 2.45) is 5.92 Å². The predicted octanol–water partition coefficient (Wildman–Crippen LogP) is 1.64. The highest BCUT2D eigenvalue weighted by atomic mass is 35.5. The summed E-state index contributed by atoms with van der Waals surface area (Å²) in [4.78, 5) is 13.7. The summed E-state index contributed by atoms with van der Waals surface area (Å²) < 4.78 is 0. The quantitative estimate of drug-likeness (QED) is 0.806. The molecule has 4 nitrogen and oxygen atoms in total. The summed E-state index contributed by atoms with van der Waals surface area (Å²) in [5.74, 6) is -0.0387. The molecule has 1 fully saturated rings. The van der Waals surface area contributed by atoms with Crippen LogP contribution in [0, 0.1) is 5.92 Å². The van der Waals surface area contributed by atoms with Crippen LogP contribution in [0.5, 0.6) is 0 Å². The summed E-state index contributed by atoms with van der Waals surface area (Å²) in [5, 5.41) is 9.39. The van der Waals surface area contributed by atoms with Gasteiger partial charge in [-0.1, -0.05) is 23.2 Å². The van der Waals surface area contributed by atoms with Crippen molar-refractivity contribution in [2.75, 3.05) is 25.4 Å². The van der Waals surface area contributed by atoms with Crippen molar-refractivity contribution in [2.45, 2.75) is 0 Å². The van der Waals surface area contributed by atoms with Crippen LogP contribution in [-0.4, -0.2) is 35.6 Å². The Morgan fingerprint density at radius 3 is 2.71 bits per heavy atom. The van der Waals surface area contributed by atoms with Crippen LogP contribution in [0.1, 0.15) is 10.4 Å². The normalized spacial score (nSPS) is 15.8. The fraction of sp³-hybridized carbons (Fsp3) is 0.364. The average molecular weight is 275 g/mol. The summed E-state index contributed by atoms with van der Waals surface area (Å²) in [6, 6.07) is 3.02. The first-order chi connectivity index (χ1) is 8.02. The molecule has 1 aliphatic rings. The van der Waals surface area contributed by atoms with Crippen LogP contribution in [0.25, 0.3) is 0 Å². The monoisotopic (exact) mass is 274 g/mol. The molecule has 2 rings (SSSR count). The number of amides is 1. The Morgan fingerprint density at radius 1 is 1.47 bits per heavy atom. The van der Waals surface area contributed by atoms with Gasteiger partial charge in [0.1, 0.15) is 0 Å². The van der Waals surface area contributed by atoms with Gasteiger partial charge in [-0.2, -0.15) is 0 Å². The van der Waals surface area contributed by atoms with Gasteiger partial charge in [-0.25, -0.2) is 0 Å². The van der Waals surface area contributed by atoms with E-state index in [0.29, 0.717) is 24.3 Å². The molecule has 1 amide bonds. The molecule has 1 aliphatic heterocycles. The highest BCUT2D eigenvalue weighted by Gasteiger charge is 2.31. The van der Waals surface area contributed by atoms with Crippen molar-refractivity contribution >= 4 is 34.8 Å². The molecular weight excluding hydrogens is 263 g/mol. The van der Waals surface area contributed by atoms with Gasteiger partial charge < -0.3 is 15.7 Å². The summed E-state index contributed by atoms with van der Waals surface area (Å²) in [6.45, 7) is 1.17. The van der Waals surface area contributed by atoms with Gasteiger partial charge in [0.2, 0.25) is 0 Å². The number of hydrogen-bond donors (Lipinski definition) is 2. The molecule has 0 aromatic heterocycles. The number of halogens is 2. The third-order valence-electron chi connectivity index (χ3n) is 2.78. The Labute approximate surface area is 109 Å². The van der Waals surface area contributed by atoms with Crippen LogP contribution >= 0.6 is 23.2 Å². The minimum absolute atomic E-state index is 0.0925. The fourth-order valence-electron chi connectivity index (χ4n) is 1.79. The molecule has 1 aromatic carbocycles. The third-order valence-corrected chi connectivity index (χ3v) is 3.59. The van der Waals surface area contributed by atoms with E-state index >= 15 is 0 Å². The maximum Gasteiger partial charge on any atom is 0.255 e. The lowest BCUT2D eigenvalue weighted by atomic mass is 10.00. The van der Waals surface area contributed by atoms with E-state index in [1.807, 2.05) is 0 Å². The summed E-state index contributed by atoms with van der Waals surface area (Å²) in [7, 11) is 0. The molecule has 1 heterocycles. The van der Waals surface area contributed by atoms with E-state index < -0.39 is 0 Å². The Kier molecular flexibility index (Phi) is 3.47. The first-order valence-corrected chi connectivity index (χ1v) is 5.93. The van der Waals surface area contributed by atoms with E-state index in [2.05, 4.69) is 0 Å². The number of nitrogen functional groups attached to an aromatic ring is 1. The van der Waals surface area contributed by atoms with E-state index in [-0.39, 0.29) is 28.5 Å². The van der Waals surface area contributed by atoms with Crippen molar-refractivity contribution in [3.05, 3.63) is 27.7 Å². The number of anilines is 1. The Morgan fingerprint density at radius 2 is 2.12 bits per heavy atom. The zero-order valence-corrected chi connectivity index (χ0v) is 10.5. The second-order valence-corrected chi connectivity index (χ2v) is 4.91. The Hall–Kier alpha value is -0.970. The number of carbonyl (C=O) groups is 1. The molecule has 0 atom stereocenters. The van der Waals surface area contributed by atoms with Crippen LogP contribution in [0.3, 0.4) is 0 Å². The van der Waals surface area contributed by atoms with Gasteiger partial charge in [0.05, 0.1) is 15.6 Å². The molecule has 0 aliphatic carbocycles. The molecule has 6 heteroatoms. The van der Waals surface area contributed by atoms with Gasteiger partial charge in [-0.05, 0) is 12.1 Å². The second kappa shape index (κ2) is 4.72. The van der Waals surface area contributed by atoms with E-state index in [4.69, 9.17) is 34.0 Å². The van der Waals surface area contributed by atoms with Gasteiger partial charge in [-0.15, -0.1) is 0 Å². The van der Waals surface area contributed by atoms with Crippen LogP contribution in [-0.2, 0) is 0 Å². The van der Waals surface area contributed by atoms with Crippen LogP contribution in [0.4, 0.5) is 5.69 Å². The van der Waals surface area contributed by atoms with Crippen molar-refractivity contribution < 1.29 is 9.90 Å². The molecule has 17 heavy (non-hydrogen) atoms. The van der Waals surface area contributed by atoms with E-state index in [1.54, 1.807) is 4.90 Å². The lowest BCUT2D eigenvalue weighted by molar-refractivity contribution is 0.0362. The minimum Gasteiger partial charge on any atom is -0.399 e. The number of carbonyl (C=O) groups excluding carboxylic acids is 1. The van der Waals surface area contributed by atoms with Crippen LogP contribution in [0.15, 0.2) is 12.1 Å². The largest absolute Gasteiger partial charge is 0.399 e. The minimum atomic E-state index is -0.200. The molecule has 1 aromatic rings. The lowest BCUT2D eigenvalue weighted by Gasteiger charge is -2.38. The maximum atomic E-state index is 12.1. The number of aliphatic hydroxyl groups is 1. The maximum absolute atomic E-state index is 12.1. The highest BCUT2D eigenvalue weighted by Crippen LogP contribution is 2.31. The van der Waals surface area contributed by atoms with E-state index in [9.17, 15) is 4.79 Å². The van der Waals surface area contributed by atoms with E-state index in [1.165, 1.54) is 12.1 Å². The molecule has 0 saturated carbocycles. The van der Waals surface area contributed by atoms with Crippen LogP contribution in [0.2, 0.25) is 10.0 Å². The molecule has 3 N–H and O–H groups in total. The number of likely N-dealkylation sites (tertiary alicyclic amines) is 1. The molecule has 0 unspecified atom stereocenters. The SMILES string of the molecule is Nc1cc(Cl)c(Cl)c(C(=O)N2CC(CO)C2)c1. The molecule has 92 valence electrons. The number of aliphatic hydroxyl groups excluding tert-OH is 1. The van der Waals surface area contributed by atoms with E-state index in [0.717, 1.165) is 0 Å². The first-order valence-electron chi connectivity index (χ1n) is 5.17. The molecule has 0 spiro atoms. The summed E-state index contributed by atoms with van der Waals surface area (Å²) in [5.41, 5.74) is 6.34. The molecule has 0 radical (unpaired) electrons. The zero-order valence-electron chi connectivity index (χ0n) is 8.99. The summed E-state index contributed by atoms with van der Waals surface area (Å²) in [6.07, 6.45) is 0. The average Bonchev–Trinajstić information content (AvgIpc) is 2.21. The number of nitrogens with zero attached hydrogens (tertiary/aromatic N) is 1. The smallest absolute Gasteiger partial charge is 0.255 e.